The minimum Gasteiger partial charge on any atom is -0.462 e. The molecule has 0 spiro atoms. The Labute approximate surface area is 392 Å². The Kier molecular flexibility index (Phi) is 49.5. The predicted molar refractivity (Wildman–Crippen MR) is 273 cm³/mol. The molecule has 3 unspecified atom stereocenters. The van der Waals surface area contributed by atoms with Crippen molar-refractivity contribution in [3.63, 3.8) is 0 Å². The molecule has 6 nitrogen and oxygen atoms in total. The number of aliphatic hydroxyl groups excluding tert-OH is 2. The van der Waals surface area contributed by atoms with Gasteiger partial charge in [-0.25, -0.2) is 0 Å². The Bertz CT molecular complexity index is 1040. The molecule has 0 aliphatic rings. The maximum absolute atomic E-state index is 13.2. The van der Waals surface area contributed by atoms with Gasteiger partial charge in [-0.3, -0.25) is 9.59 Å². The van der Waals surface area contributed by atoms with Crippen LogP contribution in [0.2, 0.25) is 0 Å². The summed E-state index contributed by atoms with van der Waals surface area (Å²) in [7, 11) is 0. The fourth-order valence-corrected chi connectivity index (χ4v) is 8.48. The summed E-state index contributed by atoms with van der Waals surface area (Å²) >= 11 is 0. The van der Waals surface area contributed by atoms with Crippen LogP contribution in [0.3, 0.4) is 0 Å². The van der Waals surface area contributed by atoms with Gasteiger partial charge in [0, 0.05) is 6.42 Å². The normalized spacial score (nSPS) is 13.4. The number of rotatable bonds is 50. The van der Waals surface area contributed by atoms with Crippen molar-refractivity contribution in [1.29, 1.82) is 0 Å². The van der Waals surface area contributed by atoms with Gasteiger partial charge in [0.25, 0.3) is 0 Å². The Hall–Kier alpha value is -1.92. The van der Waals surface area contributed by atoms with E-state index in [4.69, 9.17) is 4.74 Å². The first-order chi connectivity index (χ1) is 31.0. The predicted octanol–water partition coefficient (Wildman–Crippen LogP) is 16.8. The summed E-state index contributed by atoms with van der Waals surface area (Å²) in [6.45, 7) is 6.49. The van der Waals surface area contributed by atoms with Crippen LogP contribution in [0.25, 0.3) is 0 Å². The third-order valence-corrected chi connectivity index (χ3v) is 12.7. The van der Waals surface area contributed by atoms with Gasteiger partial charge in [0.15, 0.2) is 0 Å². The SMILES string of the molecule is CCCCCCCCC/C=C/C=C/CCCCCC(=O)OC(CCCCC/C=C/CCCCCCCCC)CC(=O)NC(CO)C(O)CCCCCCCCCCCCCCCC. The molecule has 0 aliphatic carbocycles. The van der Waals surface area contributed by atoms with Crippen LogP contribution in [-0.4, -0.2) is 46.9 Å². The third-order valence-electron chi connectivity index (χ3n) is 12.7. The van der Waals surface area contributed by atoms with Crippen LogP contribution in [0.15, 0.2) is 36.5 Å². The van der Waals surface area contributed by atoms with E-state index >= 15 is 0 Å². The Morgan fingerprint density at radius 3 is 1.24 bits per heavy atom. The fourth-order valence-electron chi connectivity index (χ4n) is 8.48. The molecule has 0 saturated carbocycles. The van der Waals surface area contributed by atoms with Crippen LogP contribution in [0.5, 0.6) is 0 Å². The highest BCUT2D eigenvalue weighted by Crippen LogP contribution is 2.18. The lowest BCUT2D eigenvalue weighted by Gasteiger charge is -2.24. The van der Waals surface area contributed by atoms with Crippen LogP contribution >= 0.6 is 0 Å². The largest absolute Gasteiger partial charge is 0.462 e. The number of aliphatic hydroxyl groups is 2. The van der Waals surface area contributed by atoms with Crippen molar-refractivity contribution >= 4 is 11.9 Å². The molecule has 6 heteroatoms. The van der Waals surface area contributed by atoms with Crippen LogP contribution in [0.4, 0.5) is 0 Å². The molecule has 0 aromatic carbocycles. The van der Waals surface area contributed by atoms with E-state index in [1.807, 2.05) is 0 Å². The molecule has 0 heterocycles. The second-order valence-corrected chi connectivity index (χ2v) is 19.0. The molecule has 3 atom stereocenters. The maximum Gasteiger partial charge on any atom is 0.306 e. The van der Waals surface area contributed by atoms with Crippen LogP contribution in [-0.2, 0) is 14.3 Å². The molecule has 370 valence electrons. The molecular weight excluding hydrogens is 779 g/mol. The molecule has 0 aromatic heterocycles. The van der Waals surface area contributed by atoms with Crippen molar-refractivity contribution in [3.8, 4) is 0 Å². The summed E-state index contributed by atoms with van der Waals surface area (Å²) in [5.74, 6) is -0.509. The number of carbonyl (C=O) groups is 2. The Morgan fingerprint density at radius 1 is 0.460 bits per heavy atom. The van der Waals surface area contributed by atoms with Gasteiger partial charge in [0.2, 0.25) is 5.91 Å². The summed E-state index contributed by atoms with van der Waals surface area (Å²) in [4.78, 5) is 26.2. The molecular formula is C57H107NO5. The number of ether oxygens (including phenoxy) is 1. The minimum atomic E-state index is -0.795. The van der Waals surface area contributed by atoms with Gasteiger partial charge in [0.05, 0.1) is 25.2 Å². The van der Waals surface area contributed by atoms with Crippen molar-refractivity contribution < 1.29 is 24.5 Å². The monoisotopic (exact) mass is 886 g/mol. The number of hydrogen-bond acceptors (Lipinski definition) is 5. The highest BCUT2D eigenvalue weighted by Gasteiger charge is 2.24. The maximum atomic E-state index is 13.2. The van der Waals surface area contributed by atoms with E-state index in [1.165, 1.54) is 161 Å². The van der Waals surface area contributed by atoms with E-state index in [2.05, 4.69) is 62.5 Å². The highest BCUT2D eigenvalue weighted by molar-refractivity contribution is 5.77. The van der Waals surface area contributed by atoms with Crippen LogP contribution in [0.1, 0.15) is 290 Å². The molecule has 0 rings (SSSR count). The standard InChI is InChI=1S/C57H107NO5/c1-4-7-10-13-16-19-22-25-28-29-32-35-38-41-44-47-50-57(62)63-53(48-45-42-39-36-33-30-26-23-20-17-14-11-8-5-2)51-56(61)58-54(52-59)55(60)49-46-43-40-37-34-31-27-24-21-18-15-12-9-6-3/h28-30,32-33,35,53-55,59-60H,4-27,31,34,36-52H2,1-3H3,(H,58,61)/b29-28+,33-30+,35-32+. The average Bonchev–Trinajstić information content (AvgIpc) is 3.28. The molecule has 0 saturated heterocycles. The summed E-state index contributed by atoms with van der Waals surface area (Å²) in [6, 6.07) is -0.710. The second-order valence-electron chi connectivity index (χ2n) is 19.0. The molecule has 0 fully saturated rings. The average molecular weight is 886 g/mol. The third kappa shape index (κ3) is 46.4. The van der Waals surface area contributed by atoms with Gasteiger partial charge < -0.3 is 20.3 Å². The van der Waals surface area contributed by atoms with E-state index in [1.54, 1.807) is 0 Å². The zero-order chi connectivity index (χ0) is 45.9. The van der Waals surface area contributed by atoms with Gasteiger partial charge >= 0.3 is 5.97 Å². The number of carbonyl (C=O) groups excluding carboxylic acids is 2. The lowest BCUT2D eigenvalue weighted by Crippen LogP contribution is -2.46. The molecule has 0 aromatic rings. The van der Waals surface area contributed by atoms with Crippen LogP contribution in [0, 0.1) is 0 Å². The first-order valence-electron chi connectivity index (χ1n) is 27.7. The Morgan fingerprint density at radius 2 is 0.810 bits per heavy atom. The summed E-state index contributed by atoms with van der Waals surface area (Å²) < 4.78 is 5.93. The second kappa shape index (κ2) is 51.1. The zero-order valence-corrected chi connectivity index (χ0v) is 42.2. The van der Waals surface area contributed by atoms with Gasteiger partial charge in [-0.2, -0.15) is 0 Å². The Balaban J connectivity index is 4.60. The molecule has 63 heavy (non-hydrogen) atoms. The van der Waals surface area contributed by atoms with Crippen LogP contribution < -0.4 is 5.32 Å². The first-order valence-corrected chi connectivity index (χ1v) is 27.7. The van der Waals surface area contributed by atoms with Crippen molar-refractivity contribution in [2.45, 2.75) is 309 Å². The molecule has 0 bridgehead atoms. The lowest BCUT2D eigenvalue weighted by molar-refractivity contribution is -0.151. The molecule has 1 amide bonds. The van der Waals surface area contributed by atoms with Gasteiger partial charge in [-0.05, 0) is 77.0 Å². The number of unbranched alkanes of at least 4 members (excludes halogenated alkanes) is 33. The van der Waals surface area contributed by atoms with E-state index in [-0.39, 0.29) is 24.9 Å². The van der Waals surface area contributed by atoms with E-state index < -0.39 is 18.2 Å². The number of nitrogens with one attached hydrogen (secondary N) is 1. The molecule has 0 radical (unpaired) electrons. The quantitative estimate of drug-likeness (QED) is 0.0245. The first kappa shape index (κ1) is 61.1. The molecule has 3 N–H and O–H groups in total. The number of esters is 1. The number of amides is 1. The molecule has 0 aliphatic heterocycles. The number of allylic oxidation sites excluding steroid dienone is 6. The minimum absolute atomic E-state index is 0.0590. The van der Waals surface area contributed by atoms with Crippen molar-refractivity contribution in [1.82, 2.24) is 5.32 Å². The smallest absolute Gasteiger partial charge is 0.306 e. The van der Waals surface area contributed by atoms with E-state index in [0.717, 1.165) is 83.5 Å². The summed E-state index contributed by atoms with van der Waals surface area (Å²) in [5.41, 5.74) is 0. The van der Waals surface area contributed by atoms with Gasteiger partial charge in [-0.1, -0.05) is 237 Å². The van der Waals surface area contributed by atoms with Gasteiger partial charge in [-0.15, -0.1) is 0 Å². The summed E-state index contributed by atoms with van der Waals surface area (Å²) in [5, 5.41) is 23.8. The highest BCUT2D eigenvalue weighted by atomic mass is 16.5. The summed E-state index contributed by atoms with van der Waals surface area (Å²) in [6.07, 6.45) is 60.6. The van der Waals surface area contributed by atoms with E-state index in [0.29, 0.717) is 19.3 Å². The van der Waals surface area contributed by atoms with Gasteiger partial charge in [0.1, 0.15) is 6.10 Å². The van der Waals surface area contributed by atoms with E-state index in [9.17, 15) is 19.8 Å². The zero-order valence-electron chi connectivity index (χ0n) is 42.2. The number of hydrogen-bond donors (Lipinski definition) is 3. The fraction of sp³-hybridized carbons (Fsp3) is 0.860. The van der Waals surface area contributed by atoms with Crippen molar-refractivity contribution in [2.24, 2.45) is 0 Å². The van der Waals surface area contributed by atoms with Crippen molar-refractivity contribution in [3.05, 3.63) is 36.5 Å². The van der Waals surface area contributed by atoms with Crippen molar-refractivity contribution in [2.75, 3.05) is 6.61 Å². The lowest BCUT2D eigenvalue weighted by atomic mass is 10.0. The topological polar surface area (TPSA) is 95.9 Å².